The van der Waals surface area contributed by atoms with Gasteiger partial charge in [-0.15, -0.1) is 22.0 Å². The van der Waals surface area contributed by atoms with Crippen molar-refractivity contribution in [2.75, 3.05) is 5.32 Å². The van der Waals surface area contributed by atoms with Crippen molar-refractivity contribution >= 4 is 23.4 Å². The first-order valence-corrected chi connectivity index (χ1v) is 10.2. The molecule has 0 saturated carbocycles. The maximum absolute atomic E-state index is 12.6. The second-order valence-corrected chi connectivity index (χ2v) is 7.85. The number of rotatable bonds is 5. The Morgan fingerprint density at radius 1 is 1.00 bits per heavy atom. The van der Waals surface area contributed by atoms with Crippen molar-refractivity contribution in [3.05, 3.63) is 89.2 Å². The van der Waals surface area contributed by atoms with Crippen LogP contribution in [0.2, 0.25) is 0 Å². The van der Waals surface area contributed by atoms with Crippen LogP contribution in [0.5, 0.6) is 0 Å². The summed E-state index contributed by atoms with van der Waals surface area (Å²) < 4.78 is 0. The van der Waals surface area contributed by atoms with Crippen molar-refractivity contribution in [1.29, 1.82) is 0 Å². The molecule has 1 heterocycles. The second-order valence-electron chi connectivity index (χ2n) is 6.80. The van der Waals surface area contributed by atoms with Crippen LogP contribution >= 0.6 is 11.8 Å². The van der Waals surface area contributed by atoms with E-state index in [0.29, 0.717) is 17.1 Å². The van der Waals surface area contributed by atoms with Crippen molar-refractivity contribution in [3.63, 3.8) is 0 Å². The molecular weight excluding hydrogens is 382 g/mol. The molecule has 0 atom stereocenters. The summed E-state index contributed by atoms with van der Waals surface area (Å²) in [7, 11) is 0. The van der Waals surface area contributed by atoms with Crippen molar-refractivity contribution in [3.8, 4) is 11.1 Å². The Labute approximate surface area is 171 Å². The van der Waals surface area contributed by atoms with Crippen LogP contribution in [0, 0.1) is 0 Å². The van der Waals surface area contributed by atoms with Gasteiger partial charge in [-0.25, -0.2) is 0 Å². The van der Waals surface area contributed by atoms with E-state index in [1.165, 1.54) is 22.3 Å². The Balaban J connectivity index is 1.25. The van der Waals surface area contributed by atoms with E-state index in [1.807, 2.05) is 30.3 Å². The van der Waals surface area contributed by atoms with Gasteiger partial charge >= 0.3 is 0 Å². The molecule has 6 nitrogen and oxygen atoms in total. The highest BCUT2D eigenvalue weighted by atomic mass is 32.2. The third kappa shape index (κ3) is 3.64. The van der Waals surface area contributed by atoms with E-state index in [-0.39, 0.29) is 5.91 Å². The summed E-state index contributed by atoms with van der Waals surface area (Å²) >= 11 is 1.59. The van der Waals surface area contributed by atoms with Gasteiger partial charge in [-0.2, -0.15) is 5.21 Å². The lowest BCUT2D eigenvalue weighted by atomic mass is 10.1. The predicted molar refractivity (Wildman–Crippen MR) is 113 cm³/mol. The molecular formula is C22H17N5OS. The molecule has 2 N–H and O–H groups in total. The van der Waals surface area contributed by atoms with Gasteiger partial charge in [0.05, 0.1) is 5.75 Å². The van der Waals surface area contributed by atoms with Gasteiger partial charge in [-0.05, 0) is 65.1 Å². The number of amides is 1. The van der Waals surface area contributed by atoms with Crippen LogP contribution in [-0.4, -0.2) is 26.5 Å². The fourth-order valence-electron chi connectivity index (χ4n) is 3.52. The lowest BCUT2D eigenvalue weighted by Crippen LogP contribution is -2.11. The van der Waals surface area contributed by atoms with E-state index in [2.05, 4.69) is 62.3 Å². The number of hydrogen-bond donors (Lipinski definition) is 2. The minimum atomic E-state index is -0.116. The summed E-state index contributed by atoms with van der Waals surface area (Å²) in [6.07, 6.45) is 0.904. The van der Waals surface area contributed by atoms with Gasteiger partial charge in [0.1, 0.15) is 0 Å². The molecule has 1 aliphatic rings. The normalized spacial score (nSPS) is 11.7. The van der Waals surface area contributed by atoms with E-state index >= 15 is 0 Å². The van der Waals surface area contributed by atoms with Crippen LogP contribution < -0.4 is 5.32 Å². The first kappa shape index (κ1) is 17.6. The molecule has 0 radical (unpaired) electrons. The molecule has 0 fully saturated rings. The number of benzene rings is 3. The molecule has 0 aliphatic heterocycles. The highest BCUT2D eigenvalue weighted by Crippen LogP contribution is 2.37. The van der Waals surface area contributed by atoms with Crippen LogP contribution in [0.15, 0.2) is 71.6 Å². The molecule has 7 heteroatoms. The zero-order valence-electron chi connectivity index (χ0n) is 15.4. The van der Waals surface area contributed by atoms with Crippen LogP contribution in [0.3, 0.4) is 0 Å². The number of tetrazole rings is 1. The molecule has 4 aromatic rings. The number of aromatic nitrogens is 4. The Kier molecular flexibility index (Phi) is 4.57. The smallest absolute Gasteiger partial charge is 0.255 e. The Morgan fingerprint density at radius 2 is 1.83 bits per heavy atom. The average molecular weight is 399 g/mol. The number of carbonyl (C=O) groups is 1. The van der Waals surface area contributed by atoms with Crippen molar-refractivity contribution in [2.45, 2.75) is 17.1 Å². The lowest BCUT2D eigenvalue weighted by molar-refractivity contribution is 0.102. The van der Waals surface area contributed by atoms with Crippen molar-refractivity contribution in [2.24, 2.45) is 0 Å². The molecule has 5 rings (SSSR count). The van der Waals surface area contributed by atoms with Crippen LogP contribution in [0.1, 0.15) is 27.3 Å². The average Bonchev–Trinajstić information content (AvgIpc) is 3.40. The maximum Gasteiger partial charge on any atom is 0.255 e. The largest absolute Gasteiger partial charge is 0.322 e. The minimum Gasteiger partial charge on any atom is -0.322 e. The number of aromatic amines is 1. The molecule has 0 saturated heterocycles. The summed E-state index contributed by atoms with van der Waals surface area (Å²) in [5, 5.41) is 16.8. The number of anilines is 1. The number of carbonyl (C=O) groups excluding carboxylic acids is 1. The Hall–Kier alpha value is -3.45. The number of nitrogens with one attached hydrogen (secondary N) is 2. The summed E-state index contributed by atoms with van der Waals surface area (Å²) in [5.74, 6) is 1.16. The van der Waals surface area contributed by atoms with Gasteiger partial charge in [0.2, 0.25) is 0 Å². The van der Waals surface area contributed by atoms with E-state index in [4.69, 9.17) is 0 Å². The lowest BCUT2D eigenvalue weighted by Gasteiger charge is -2.08. The fourth-order valence-corrected chi connectivity index (χ4v) is 4.27. The molecule has 1 amide bonds. The number of thioether (sulfide) groups is 1. The van der Waals surface area contributed by atoms with E-state index in [1.54, 1.807) is 11.8 Å². The van der Waals surface area contributed by atoms with Gasteiger partial charge in [0, 0.05) is 16.1 Å². The second kappa shape index (κ2) is 7.52. The van der Waals surface area contributed by atoms with Crippen molar-refractivity contribution < 1.29 is 4.79 Å². The summed E-state index contributed by atoms with van der Waals surface area (Å²) in [6.45, 7) is 0. The molecule has 0 bridgehead atoms. The van der Waals surface area contributed by atoms with E-state index in [0.717, 1.165) is 17.0 Å². The van der Waals surface area contributed by atoms with Gasteiger partial charge < -0.3 is 5.32 Å². The van der Waals surface area contributed by atoms with Crippen LogP contribution in [-0.2, 0) is 12.2 Å². The number of H-pyrrole nitrogens is 1. The number of fused-ring (bicyclic) bond motifs is 3. The Bertz CT molecular complexity index is 1170. The molecule has 1 aromatic heterocycles. The third-order valence-corrected chi connectivity index (χ3v) is 5.93. The van der Waals surface area contributed by atoms with E-state index in [9.17, 15) is 4.79 Å². The topological polar surface area (TPSA) is 83.6 Å². The van der Waals surface area contributed by atoms with Gasteiger partial charge in [0.15, 0.2) is 5.82 Å². The molecule has 0 unspecified atom stereocenters. The van der Waals surface area contributed by atoms with Crippen molar-refractivity contribution in [1.82, 2.24) is 20.6 Å². The first-order valence-electron chi connectivity index (χ1n) is 9.24. The molecule has 142 valence electrons. The van der Waals surface area contributed by atoms with Crippen LogP contribution in [0.4, 0.5) is 5.69 Å². The zero-order valence-corrected chi connectivity index (χ0v) is 16.2. The highest BCUT2D eigenvalue weighted by molar-refractivity contribution is 7.98. The number of hydrogen-bond acceptors (Lipinski definition) is 5. The van der Waals surface area contributed by atoms with Gasteiger partial charge in [-0.1, -0.05) is 35.5 Å². The summed E-state index contributed by atoms with van der Waals surface area (Å²) in [5.41, 5.74) is 6.56. The predicted octanol–water partition coefficient (Wildman–Crippen LogP) is 4.32. The fraction of sp³-hybridized carbons (Fsp3) is 0.0909. The monoisotopic (exact) mass is 399 g/mol. The quantitative estimate of drug-likeness (QED) is 0.430. The minimum absolute atomic E-state index is 0.116. The van der Waals surface area contributed by atoms with E-state index < -0.39 is 0 Å². The van der Waals surface area contributed by atoms with Gasteiger partial charge in [0.25, 0.3) is 5.91 Å². The first-order chi connectivity index (χ1) is 14.3. The molecule has 29 heavy (non-hydrogen) atoms. The Morgan fingerprint density at radius 3 is 2.66 bits per heavy atom. The third-order valence-electron chi connectivity index (χ3n) is 4.93. The summed E-state index contributed by atoms with van der Waals surface area (Å²) in [4.78, 5) is 13.7. The standard InChI is InChI=1S/C22H17N5OS/c28-22(14-5-8-18(9-6-14)29-13-21-24-26-27-25-21)23-17-7-10-20-16(12-17)11-15-3-1-2-4-19(15)20/h1-10,12H,11,13H2,(H,23,28)(H,24,25,26,27). The highest BCUT2D eigenvalue weighted by Gasteiger charge is 2.18. The SMILES string of the molecule is O=C(Nc1ccc2c(c1)Cc1ccccc1-2)c1ccc(SCc2nn[nH]n2)cc1. The number of nitrogens with zero attached hydrogens (tertiary/aromatic N) is 3. The molecule has 0 spiro atoms. The maximum atomic E-state index is 12.6. The molecule has 1 aliphatic carbocycles. The van der Waals surface area contributed by atoms with Crippen LogP contribution in [0.25, 0.3) is 11.1 Å². The molecule has 3 aromatic carbocycles. The van der Waals surface area contributed by atoms with Gasteiger partial charge in [-0.3, -0.25) is 4.79 Å². The zero-order chi connectivity index (χ0) is 19.6. The summed E-state index contributed by atoms with van der Waals surface area (Å²) in [6, 6.07) is 22.1.